The number of carbonyl (C=O) groups excluding carboxylic acids is 1. The van der Waals surface area contributed by atoms with Crippen molar-refractivity contribution in [1.29, 1.82) is 0 Å². The molecule has 1 atom stereocenters. The van der Waals surface area contributed by atoms with Gasteiger partial charge in [0.2, 0.25) is 0 Å². The zero-order chi connectivity index (χ0) is 23.6. The number of hydrogen-bond donors (Lipinski definition) is 2. The number of benzene rings is 2. The van der Waals surface area contributed by atoms with Crippen molar-refractivity contribution in [3.8, 4) is 5.75 Å². The maximum atomic E-state index is 12.1. The van der Waals surface area contributed by atoms with Gasteiger partial charge < -0.3 is 24.1 Å². The normalized spacial score (nSPS) is 18.0. The van der Waals surface area contributed by atoms with Crippen LogP contribution in [0.2, 0.25) is 0 Å². The third kappa shape index (κ3) is 4.14. The molecule has 1 aliphatic rings. The van der Waals surface area contributed by atoms with Gasteiger partial charge in [0, 0.05) is 22.1 Å². The van der Waals surface area contributed by atoms with Crippen LogP contribution in [0.4, 0.5) is 0 Å². The van der Waals surface area contributed by atoms with Gasteiger partial charge in [-0.05, 0) is 61.7 Å². The Morgan fingerprint density at radius 2 is 1.94 bits per heavy atom. The van der Waals surface area contributed by atoms with E-state index >= 15 is 0 Å². The van der Waals surface area contributed by atoms with Gasteiger partial charge in [0.25, 0.3) is 0 Å². The van der Waals surface area contributed by atoms with Gasteiger partial charge in [0.15, 0.2) is 5.60 Å². The monoisotopic (exact) mass is 448 g/mol. The average molecular weight is 449 g/mol. The van der Waals surface area contributed by atoms with E-state index in [0.29, 0.717) is 41.1 Å². The third-order valence-electron chi connectivity index (χ3n) is 6.03. The number of hydrogen-bond acceptors (Lipinski definition) is 6. The zero-order valence-electron chi connectivity index (χ0n) is 19.1. The highest BCUT2D eigenvalue weighted by Crippen LogP contribution is 2.45. The fraction of sp³-hybridized carbons (Fsp3) is 0.296. The molecule has 0 fully saturated rings. The van der Waals surface area contributed by atoms with Gasteiger partial charge in [-0.1, -0.05) is 25.1 Å². The SMILES string of the molecule is CCOC(=O)Cc1ccccc1OC1(C)C(CC)=CC(c2cc(CO)cc3ccoc23)=C1O. The Morgan fingerprint density at radius 1 is 1.15 bits per heavy atom. The maximum absolute atomic E-state index is 12.1. The van der Waals surface area contributed by atoms with E-state index in [1.807, 2.05) is 56.3 Å². The molecule has 1 heterocycles. The minimum atomic E-state index is -1.12. The molecular weight excluding hydrogens is 420 g/mol. The smallest absolute Gasteiger partial charge is 0.310 e. The highest BCUT2D eigenvalue weighted by molar-refractivity contribution is 5.95. The summed E-state index contributed by atoms with van der Waals surface area (Å²) in [7, 11) is 0. The fourth-order valence-corrected chi connectivity index (χ4v) is 4.32. The Bertz CT molecular complexity index is 1250. The zero-order valence-corrected chi connectivity index (χ0v) is 19.1. The van der Waals surface area contributed by atoms with Crippen LogP contribution in [0.3, 0.4) is 0 Å². The molecule has 6 nitrogen and oxygen atoms in total. The number of allylic oxidation sites excluding steroid dienone is 2. The van der Waals surface area contributed by atoms with Crippen molar-refractivity contribution in [2.75, 3.05) is 6.61 Å². The van der Waals surface area contributed by atoms with Crippen LogP contribution in [0.25, 0.3) is 16.5 Å². The van der Waals surface area contributed by atoms with Gasteiger partial charge in [0.1, 0.15) is 17.1 Å². The fourth-order valence-electron chi connectivity index (χ4n) is 4.32. The van der Waals surface area contributed by atoms with Crippen molar-refractivity contribution in [2.24, 2.45) is 0 Å². The molecular formula is C27H28O6. The largest absolute Gasteiger partial charge is 0.507 e. The first kappa shape index (κ1) is 22.7. The lowest BCUT2D eigenvalue weighted by molar-refractivity contribution is -0.142. The lowest BCUT2D eigenvalue weighted by Crippen LogP contribution is -2.35. The predicted octanol–water partition coefficient (Wildman–Crippen LogP) is 5.49. The van der Waals surface area contributed by atoms with Crippen LogP contribution in [-0.2, 0) is 22.6 Å². The van der Waals surface area contributed by atoms with Crippen molar-refractivity contribution >= 4 is 22.5 Å². The Labute approximate surface area is 192 Å². The summed E-state index contributed by atoms with van der Waals surface area (Å²) in [6.07, 6.45) is 4.23. The van der Waals surface area contributed by atoms with E-state index < -0.39 is 5.60 Å². The van der Waals surface area contributed by atoms with Crippen LogP contribution in [0.5, 0.6) is 5.75 Å². The number of carbonyl (C=O) groups is 1. The van der Waals surface area contributed by atoms with E-state index in [-0.39, 0.29) is 24.8 Å². The van der Waals surface area contributed by atoms with E-state index in [0.717, 1.165) is 16.5 Å². The molecule has 6 heteroatoms. The number of aliphatic hydroxyl groups excluding tert-OH is 2. The van der Waals surface area contributed by atoms with Crippen LogP contribution in [0.15, 0.2) is 70.6 Å². The number of aliphatic hydroxyl groups is 2. The molecule has 2 aromatic carbocycles. The van der Waals surface area contributed by atoms with Crippen molar-refractivity contribution in [2.45, 2.75) is 45.8 Å². The summed E-state index contributed by atoms with van der Waals surface area (Å²) < 4.78 is 17.2. The van der Waals surface area contributed by atoms with Gasteiger partial charge in [-0.2, -0.15) is 0 Å². The molecule has 0 aliphatic heterocycles. The second-order valence-electron chi connectivity index (χ2n) is 8.15. The van der Waals surface area contributed by atoms with Crippen LogP contribution in [0.1, 0.15) is 43.9 Å². The number of fused-ring (bicyclic) bond motifs is 1. The number of esters is 1. The molecule has 172 valence electrons. The van der Waals surface area contributed by atoms with Crippen molar-refractivity contribution in [3.63, 3.8) is 0 Å². The van der Waals surface area contributed by atoms with E-state index in [1.165, 1.54) is 0 Å². The summed E-state index contributed by atoms with van der Waals surface area (Å²) in [5.74, 6) is 0.225. The number of ether oxygens (including phenoxy) is 2. The van der Waals surface area contributed by atoms with Gasteiger partial charge in [-0.25, -0.2) is 0 Å². The quantitative estimate of drug-likeness (QED) is 0.443. The molecule has 1 aliphatic carbocycles. The molecule has 1 unspecified atom stereocenters. The number of furan rings is 1. The Hall–Kier alpha value is -3.51. The van der Waals surface area contributed by atoms with Gasteiger partial charge in [-0.15, -0.1) is 0 Å². The molecule has 2 N–H and O–H groups in total. The Balaban J connectivity index is 1.78. The predicted molar refractivity (Wildman–Crippen MR) is 126 cm³/mol. The maximum Gasteiger partial charge on any atom is 0.310 e. The van der Waals surface area contributed by atoms with Gasteiger partial charge in [0.05, 0.1) is 25.9 Å². The van der Waals surface area contributed by atoms with E-state index in [9.17, 15) is 15.0 Å². The van der Waals surface area contributed by atoms with Crippen LogP contribution in [-0.4, -0.2) is 28.4 Å². The summed E-state index contributed by atoms with van der Waals surface area (Å²) in [4.78, 5) is 12.1. The molecule has 0 saturated carbocycles. The van der Waals surface area contributed by atoms with Gasteiger partial charge in [-0.3, -0.25) is 4.79 Å². The highest BCUT2D eigenvalue weighted by Gasteiger charge is 2.42. The molecule has 0 amide bonds. The lowest BCUT2D eigenvalue weighted by Gasteiger charge is -2.30. The molecule has 0 saturated heterocycles. The molecule has 1 aromatic heterocycles. The van der Waals surface area contributed by atoms with E-state index in [2.05, 4.69) is 0 Å². The molecule has 0 radical (unpaired) electrons. The first-order chi connectivity index (χ1) is 15.9. The minimum absolute atomic E-state index is 0.0538. The molecule has 4 rings (SSSR count). The van der Waals surface area contributed by atoms with Crippen molar-refractivity contribution in [1.82, 2.24) is 0 Å². The second kappa shape index (κ2) is 9.16. The number of para-hydroxylation sites is 1. The summed E-state index contributed by atoms with van der Waals surface area (Å²) in [5, 5.41) is 22.0. The third-order valence-corrected chi connectivity index (χ3v) is 6.03. The summed E-state index contributed by atoms with van der Waals surface area (Å²) in [6.45, 7) is 5.77. The first-order valence-corrected chi connectivity index (χ1v) is 11.1. The van der Waals surface area contributed by atoms with Crippen LogP contribution >= 0.6 is 0 Å². The van der Waals surface area contributed by atoms with Crippen molar-refractivity contribution < 1.29 is 28.9 Å². The van der Waals surface area contributed by atoms with Crippen molar-refractivity contribution in [3.05, 3.63) is 82.8 Å². The average Bonchev–Trinajstić information content (AvgIpc) is 3.37. The minimum Gasteiger partial charge on any atom is -0.507 e. The molecule has 3 aromatic rings. The summed E-state index contributed by atoms with van der Waals surface area (Å²) in [6, 6.07) is 12.8. The Kier molecular flexibility index (Phi) is 6.29. The summed E-state index contributed by atoms with van der Waals surface area (Å²) in [5.41, 5.74) is 3.08. The topological polar surface area (TPSA) is 89.1 Å². The Morgan fingerprint density at radius 3 is 2.67 bits per heavy atom. The summed E-state index contributed by atoms with van der Waals surface area (Å²) >= 11 is 0. The first-order valence-electron chi connectivity index (χ1n) is 11.1. The standard InChI is InChI=1S/C27H28O6/c1-4-20-15-22(21-13-17(16-28)12-19-10-11-32-25(19)21)26(30)27(20,3)33-23-9-7-6-8-18(23)14-24(29)31-5-2/h6-13,15,28,30H,4-5,14,16H2,1-3H3. The number of rotatable bonds is 8. The molecule has 0 bridgehead atoms. The van der Waals surface area contributed by atoms with Gasteiger partial charge >= 0.3 is 5.97 Å². The van der Waals surface area contributed by atoms with E-state index in [1.54, 1.807) is 19.3 Å². The lowest BCUT2D eigenvalue weighted by atomic mass is 9.94. The van der Waals surface area contributed by atoms with Crippen LogP contribution < -0.4 is 4.74 Å². The molecule has 0 spiro atoms. The molecule has 33 heavy (non-hydrogen) atoms. The second-order valence-corrected chi connectivity index (χ2v) is 8.15. The van der Waals surface area contributed by atoms with Crippen LogP contribution in [0, 0.1) is 0 Å². The van der Waals surface area contributed by atoms with E-state index in [4.69, 9.17) is 13.9 Å². The highest BCUT2D eigenvalue weighted by atomic mass is 16.5.